The molecule has 1 N–H and O–H groups in total. The van der Waals surface area contributed by atoms with E-state index in [0.29, 0.717) is 5.75 Å². The molecule has 1 saturated heterocycles. The lowest BCUT2D eigenvalue weighted by atomic mass is 10.1. The first kappa shape index (κ1) is 11.3. The van der Waals surface area contributed by atoms with Crippen molar-refractivity contribution in [3.8, 4) is 0 Å². The van der Waals surface area contributed by atoms with Crippen LogP contribution in [0.2, 0.25) is 0 Å². The number of thiol groups is 1. The van der Waals surface area contributed by atoms with Crippen LogP contribution in [0.1, 0.15) is 6.92 Å². The largest absolute Gasteiger partial charge is 0.480 e. The average Bonchev–Trinajstić information content (AvgIpc) is 2.63. The minimum atomic E-state index is -1.03. The number of hydrogen-bond donors (Lipinski definition) is 2. The average molecular weight is 219 g/mol. The van der Waals surface area contributed by atoms with Gasteiger partial charge in [0.25, 0.3) is 0 Å². The summed E-state index contributed by atoms with van der Waals surface area (Å²) in [6, 6.07) is -0.843. The maximum atomic E-state index is 11.6. The van der Waals surface area contributed by atoms with Gasteiger partial charge in [-0.25, -0.2) is 4.79 Å². The number of aliphatic carboxylic acids is 1. The van der Waals surface area contributed by atoms with E-state index < -0.39 is 12.0 Å². The zero-order valence-corrected chi connectivity index (χ0v) is 8.74. The molecule has 0 bridgehead atoms. The zero-order valence-electron chi connectivity index (χ0n) is 7.84. The van der Waals surface area contributed by atoms with Crippen LogP contribution in [-0.4, -0.2) is 47.0 Å². The molecule has 0 aliphatic carbocycles. The highest BCUT2D eigenvalue weighted by atomic mass is 32.1. The van der Waals surface area contributed by atoms with Crippen molar-refractivity contribution in [3.05, 3.63) is 0 Å². The van der Waals surface area contributed by atoms with Crippen molar-refractivity contribution in [2.45, 2.75) is 13.0 Å². The van der Waals surface area contributed by atoms with E-state index in [4.69, 9.17) is 9.84 Å². The molecule has 1 unspecified atom stereocenters. The van der Waals surface area contributed by atoms with Gasteiger partial charge in [-0.1, -0.05) is 6.92 Å². The Hall–Kier alpha value is -0.750. The minimum absolute atomic E-state index is 0.0634. The summed E-state index contributed by atoms with van der Waals surface area (Å²) < 4.78 is 4.95. The van der Waals surface area contributed by atoms with Crippen LogP contribution in [0.25, 0.3) is 0 Å². The van der Waals surface area contributed by atoms with E-state index in [1.807, 2.05) is 0 Å². The molecule has 0 saturated carbocycles. The maximum absolute atomic E-state index is 11.6. The van der Waals surface area contributed by atoms with E-state index in [2.05, 4.69) is 12.6 Å². The molecule has 1 heterocycles. The van der Waals surface area contributed by atoms with Crippen LogP contribution in [0.3, 0.4) is 0 Å². The summed E-state index contributed by atoms with van der Waals surface area (Å²) in [5, 5.41) is 8.79. The molecule has 0 aromatic rings. The predicted molar refractivity (Wildman–Crippen MR) is 52.1 cm³/mol. The summed E-state index contributed by atoms with van der Waals surface area (Å²) in [5.74, 6) is -1.12. The lowest BCUT2D eigenvalue weighted by molar-refractivity contribution is -0.149. The molecule has 0 aromatic carbocycles. The highest BCUT2D eigenvalue weighted by Crippen LogP contribution is 2.14. The van der Waals surface area contributed by atoms with Crippen LogP contribution >= 0.6 is 12.6 Å². The Labute approximate surface area is 87.4 Å². The van der Waals surface area contributed by atoms with Gasteiger partial charge in [-0.05, 0) is 0 Å². The van der Waals surface area contributed by atoms with Gasteiger partial charge in [0.05, 0.1) is 6.61 Å². The van der Waals surface area contributed by atoms with E-state index >= 15 is 0 Å². The lowest BCUT2D eigenvalue weighted by Gasteiger charge is -2.21. The topological polar surface area (TPSA) is 66.8 Å². The van der Waals surface area contributed by atoms with Crippen molar-refractivity contribution in [1.82, 2.24) is 4.90 Å². The molecule has 14 heavy (non-hydrogen) atoms. The third-order valence-electron chi connectivity index (χ3n) is 2.15. The van der Waals surface area contributed by atoms with Crippen molar-refractivity contribution in [2.24, 2.45) is 5.92 Å². The van der Waals surface area contributed by atoms with Gasteiger partial charge in [-0.3, -0.25) is 4.79 Å². The molecule has 80 valence electrons. The van der Waals surface area contributed by atoms with Gasteiger partial charge in [-0.15, -0.1) is 0 Å². The fraction of sp³-hybridized carbons (Fsp3) is 0.750. The first-order valence-electron chi connectivity index (χ1n) is 4.29. The molecule has 1 aliphatic rings. The van der Waals surface area contributed by atoms with Crippen molar-refractivity contribution in [1.29, 1.82) is 0 Å². The second kappa shape index (κ2) is 4.65. The molecule has 1 fully saturated rings. The van der Waals surface area contributed by atoms with Crippen LogP contribution in [0.15, 0.2) is 0 Å². The number of hydrogen-bond acceptors (Lipinski definition) is 4. The number of ether oxygens (including phenoxy) is 1. The van der Waals surface area contributed by atoms with Gasteiger partial charge < -0.3 is 14.7 Å². The molecule has 0 aromatic heterocycles. The van der Waals surface area contributed by atoms with Crippen molar-refractivity contribution >= 4 is 24.5 Å². The molecule has 1 aliphatic heterocycles. The summed E-state index contributed by atoms with van der Waals surface area (Å²) in [7, 11) is 0. The first-order chi connectivity index (χ1) is 6.57. The van der Waals surface area contributed by atoms with E-state index in [1.165, 1.54) is 4.90 Å². The Morgan fingerprint density at radius 1 is 1.71 bits per heavy atom. The highest BCUT2D eigenvalue weighted by Gasteiger charge is 2.36. The summed E-state index contributed by atoms with van der Waals surface area (Å²) in [6.45, 7) is 1.85. The van der Waals surface area contributed by atoms with Crippen molar-refractivity contribution in [2.75, 3.05) is 19.1 Å². The molecule has 0 spiro atoms. The van der Waals surface area contributed by atoms with Crippen molar-refractivity contribution in [3.63, 3.8) is 0 Å². The monoisotopic (exact) mass is 219 g/mol. The molecule has 1 amide bonds. The summed E-state index contributed by atoms with van der Waals surface area (Å²) >= 11 is 3.99. The van der Waals surface area contributed by atoms with Crippen LogP contribution in [0, 0.1) is 5.92 Å². The Balaban J connectivity index is 2.67. The number of carboxylic acid groups (broad SMARTS) is 1. The first-order valence-corrected chi connectivity index (χ1v) is 4.93. The zero-order chi connectivity index (χ0) is 10.7. The molecule has 0 radical (unpaired) electrons. The van der Waals surface area contributed by atoms with E-state index in [1.54, 1.807) is 6.92 Å². The molecular formula is C8H13NO4S. The van der Waals surface area contributed by atoms with Crippen molar-refractivity contribution < 1.29 is 19.4 Å². The van der Waals surface area contributed by atoms with Crippen LogP contribution in [0.5, 0.6) is 0 Å². The van der Waals surface area contributed by atoms with Crippen LogP contribution in [0.4, 0.5) is 0 Å². The minimum Gasteiger partial charge on any atom is -0.480 e. The number of carbonyl (C=O) groups excluding carboxylic acids is 1. The lowest BCUT2D eigenvalue weighted by Crippen LogP contribution is -2.44. The van der Waals surface area contributed by atoms with E-state index in [9.17, 15) is 9.59 Å². The highest BCUT2D eigenvalue weighted by molar-refractivity contribution is 7.80. The van der Waals surface area contributed by atoms with Gasteiger partial charge >= 0.3 is 5.97 Å². The summed E-state index contributed by atoms with van der Waals surface area (Å²) in [5.41, 5.74) is 0. The van der Waals surface area contributed by atoms with Gasteiger partial charge in [-0.2, -0.15) is 12.6 Å². The quantitative estimate of drug-likeness (QED) is 0.646. The summed E-state index contributed by atoms with van der Waals surface area (Å²) in [4.78, 5) is 23.6. The normalized spacial score (nSPS) is 23.6. The SMILES string of the molecule is CC(CS)C(=O)N1COC[C@H]1C(=O)O. The smallest absolute Gasteiger partial charge is 0.328 e. The summed E-state index contributed by atoms with van der Waals surface area (Å²) in [6.07, 6.45) is 0. The van der Waals surface area contributed by atoms with Gasteiger partial charge in [0, 0.05) is 11.7 Å². The molecule has 5 nitrogen and oxygen atoms in total. The Bertz CT molecular complexity index is 245. The van der Waals surface area contributed by atoms with E-state index in [-0.39, 0.29) is 25.2 Å². The Morgan fingerprint density at radius 2 is 2.36 bits per heavy atom. The number of carboxylic acids is 1. The predicted octanol–water partition coefficient (Wildman–Crippen LogP) is -0.178. The number of carbonyl (C=O) groups is 2. The van der Waals surface area contributed by atoms with Gasteiger partial charge in [0.2, 0.25) is 5.91 Å². The Kier molecular flexibility index (Phi) is 3.77. The maximum Gasteiger partial charge on any atom is 0.328 e. The second-order valence-corrected chi connectivity index (χ2v) is 3.61. The van der Waals surface area contributed by atoms with Crippen LogP contribution in [-0.2, 0) is 14.3 Å². The molecule has 2 atom stereocenters. The standard InChI is InChI=1S/C8H13NO4S/c1-5(3-14)7(10)9-4-13-2-6(9)8(11)12/h5-6,14H,2-4H2,1H3,(H,11,12)/t5?,6-/m0/s1. The third-order valence-corrected chi connectivity index (χ3v) is 2.69. The van der Waals surface area contributed by atoms with Gasteiger partial charge in [0.1, 0.15) is 6.73 Å². The van der Waals surface area contributed by atoms with E-state index in [0.717, 1.165) is 0 Å². The second-order valence-electron chi connectivity index (χ2n) is 3.25. The molecular weight excluding hydrogens is 206 g/mol. The Morgan fingerprint density at radius 3 is 2.86 bits per heavy atom. The third kappa shape index (κ3) is 2.19. The number of rotatable bonds is 3. The van der Waals surface area contributed by atoms with Crippen LogP contribution < -0.4 is 0 Å². The van der Waals surface area contributed by atoms with Gasteiger partial charge in [0.15, 0.2) is 6.04 Å². The fourth-order valence-electron chi connectivity index (χ4n) is 1.23. The number of nitrogens with zero attached hydrogens (tertiary/aromatic N) is 1. The molecule has 1 rings (SSSR count). The fourth-order valence-corrected chi connectivity index (χ4v) is 1.38. The molecule has 6 heteroatoms. The number of amides is 1.